The largest absolute Gasteiger partial charge is 0.392 e. The summed E-state index contributed by atoms with van der Waals surface area (Å²) in [6, 6.07) is 3.80. The molecular weight excluding hydrogens is 228 g/mol. The summed E-state index contributed by atoms with van der Waals surface area (Å²) in [5.74, 6) is 0.822. The summed E-state index contributed by atoms with van der Waals surface area (Å²) in [5.41, 5.74) is 1.07. The molecule has 1 rings (SSSR count). The fourth-order valence-corrected chi connectivity index (χ4v) is 1.89. The van der Waals surface area contributed by atoms with Crippen LogP contribution in [0.15, 0.2) is 12.1 Å². The van der Waals surface area contributed by atoms with Gasteiger partial charge in [0.15, 0.2) is 0 Å². The molecule has 0 bridgehead atoms. The summed E-state index contributed by atoms with van der Waals surface area (Å²) in [7, 11) is 0. The van der Waals surface area contributed by atoms with Gasteiger partial charge in [-0.3, -0.25) is 0 Å². The maximum Gasteiger partial charge on any atom is 0.129 e. The van der Waals surface area contributed by atoms with Gasteiger partial charge in [0, 0.05) is 18.8 Å². The minimum Gasteiger partial charge on any atom is -0.392 e. The van der Waals surface area contributed by atoms with Gasteiger partial charge in [0.05, 0.1) is 12.2 Å². The maximum atomic E-state index is 9.91. The van der Waals surface area contributed by atoms with Crippen molar-refractivity contribution in [2.45, 2.75) is 46.3 Å². The van der Waals surface area contributed by atoms with Gasteiger partial charge in [-0.1, -0.05) is 6.92 Å². The Labute approximate surface area is 109 Å². The minimum absolute atomic E-state index is 0.0165. The van der Waals surface area contributed by atoms with E-state index in [1.807, 2.05) is 30.9 Å². The molecule has 18 heavy (non-hydrogen) atoms. The molecule has 0 fully saturated rings. The first-order chi connectivity index (χ1) is 8.39. The zero-order chi connectivity index (χ0) is 13.8. The Bertz CT molecular complexity index is 364. The number of aliphatic hydroxyl groups excluding tert-OH is 1. The van der Waals surface area contributed by atoms with E-state index in [1.54, 1.807) is 13.8 Å². The summed E-state index contributed by atoms with van der Waals surface area (Å²) in [4.78, 5) is 6.59. The first-order valence-electron chi connectivity index (χ1n) is 6.47. The van der Waals surface area contributed by atoms with Gasteiger partial charge >= 0.3 is 0 Å². The van der Waals surface area contributed by atoms with E-state index in [0.717, 1.165) is 30.0 Å². The van der Waals surface area contributed by atoms with Crippen molar-refractivity contribution in [2.75, 3.05) is 18.0 Å². The Kier molecular flexibility index (Phi) is 5.11. The van der Waals surface area contributed by atoms with Crippen LogP contribution in [0.25, 0.3) is 0 Å². The van der Waals surface area contributed by atoms with Crippen molar-refractivity contribution in [1.29, 1.82) is 0 Å². The SMILES string of the molecule is CCc1cc(CO)cc(N(CC)CC(C)(C)O)n1. The molecule has 0 aliphatic rings. The lowest BCUT2D eigenvalue weighted by Crippen LogP contribution is -2.39. The third-order valence-corrected chi connectivity index (χ3v) is 2.75. The molecule has 0 amide bonds. The zero-order valence-electron chi connectivity index (χ0n) is 11.8. The Morgan fingerprint density at radius 1 is 1.28 bits per heavy atom. The first kappa shape index (κ1) is 14.9. The number of aliphatic hydroxyl groups is 2. The molecule has 0 aromatic carbocycles. The van der Waals surface area contributed by atoms with E-state index in [0.29, 0.717) is 6.54 Å². The quantitative estimate of drug-likeness (QED) is 0.809. The number of likely N-dealkylation sites (N-methyl/N-ethyl adjacent to an activating group) is 1. The second kappa shape index (κ2) is 6.16. The van der Waals surface area contributed by atoms with Crippen molar-refractivity contribution in [3.8, 4) is 0 Å². The Morgan fingerprint density at radius 3 is 2.39 bits per heavy atom. The number of pyridine rings is 1. The van der Waals surface area contributed by atoms with Crippen molar-refractivity contribution in [3.63, 3.8) is 0 Å². The van der Waals surface area contributed by atoms with Gasteiger partial charge in [-0.2, -0.15) is 0 Å². The van der Waals surface area contributed by atoms with Crippen LogP contribution < -0.4 is 4.90 Å². The van der Waals surface area contributed by atoms with Gasteiger partial charge in [-0.25, -0.2) is 4.98 Å². The van der Waals surface area contributed by atoms with E-state index < -0.39 is 5.60 Å². The van der Waals surface area contributed by atoms with Crippen molar-refractivity contribution in [1.82, 2.24) is 4.98 Å². The predicted molar refractivity (Wildman–Crippen MR) is 73.7 cm³/mol. The molecule has 0 atom stereocenters. The highest BCUT2D eigenvalue weighted by Crippen LogP contribution is 2.18. The molecule has 1 heterocycles. The van der Waals surface area contributed by atoms with Crippen LogP contribution in [0.2, 0.25) is 0 Å². The third kappa shape index (κ3) is 4.27. The van der Waals surface area contributed by atoms with Gasteiger partial charge in [0.25, 0.3) is 0 Å². The topological polar surface area (TPSA) is 56.6 Å². The molecule has 0 radical (unpaired) electrons. The molecule has 4 nitrogen and oxygen atoms in total. The molecule has 0 saturated heterocycles. The highest BCUT2D eigenvalue weighted by Gasteiger charge is 2.19. The third-order valence-electron chi connectivity index (χ3n) is 2.75. The monoisotopic (exact) mass is 252 g/mol. The van der Waals surface area contributed by atoms with E-state index in [4.69, 9.17) is 0 Å². The van der Waals surface area contributed by atoms with Crippen LogP contribution in [-0.2, 0) is 13.0 Å². The standard InChI is InChI=1S/C14H24N2O2/c1-5-12-7-11(9-17)8-13(15-12)16(6-2)10-14(3,4)18/h7-8,17-18H,5-6,9-10H2,1-4H3. The van der Waals surface area contributed by atoms with Crippen molar-refractivity contribution in [3.05, 3.63) is 23.4 Å². The van der Waals surface area contributed by atoms with Gasteiger partial charge < -0.3 is 15.1 Å². The molecule has 1 aromatic rings. The molecule has 0 saturated carbocycles. The Hall–Kier alpha value is -1.13. The van der Waals surface area contributed by atoms with E-state index >= 15 is 0 Å². The number of nitrogens with zero attached hydrogens (tertiary/aromatic N) is 2. The highest BCUT2D eigenvalue weighted by molar-refractivity contribution is 5.43. The molecule has 102 valence electrons. The van der Waals surface area contributed by atoms with Crippen molar-refractivity contribution < 1.29 is 10.2 Å². The molecule has 2 N–H and O–H groups in total. The number of rotatable bonds is 6. The molecule has 1 aromatic heterocycles. The lowest BCUT2D eigenvalue weighted by molar-refractivity contribution is 0.0874. The molecule has 4 heteroatoms. The Balaban J connectivity index is 3.04. The minimum atomic E-state index is -0.765. The van der Waals surface area contributed by atoms with Gasteiger partial charge in [-0.05, 0) is 44.9 Å². The van der Waals surface area contributed by atoms with E-state index in [2.05, 4.69) is 4.98 Å². The first-order valence-corrected chi connectivity index (χ1v) is 6.47. The molecule has 0 aliphatic heterocycles. The summed E-state index contributed by atoms with van der Waals surface area (Å²) < 4.78 is 0. The predicted octanol–water partition coefficient (Wildman–Crippen LogP) is 1.73. The molecule has 0 unspecified atom stereocenters. The van der Waals surface area contributed by atoms with Crippen LogP contribution in [0.5, 0.6) is 0 Å². The van der Waals surface area contributed by atoms with Crippen LogP contribution in [0.3, 0.4) is 0 Å². The molecular formula is C14H24N2O2. The van der Waals surface area contributed by atoms with Crippen LogP contribution in [-0.4, -0.2) is 33.9 Å². The fourth-order valence-electron chi connectivity index (χ4n) is 1.89. The average Bonchev–Trinajstić information content (AvgIpc) is 2.34. The number of anilines is 1. The normalized spacial score (nSPS) is 11.7. The molecule has 0 spiro atoms. The van der Waals surface area contributed by atoms with Crippen LogP contribution >= 0.6 is 0 Å². The number of hydrogen-bond acceptors (Lipinski definition) is 4. The summed E-state index contributed by atoms with van der Waals surface area (Å²) >= 11 is 0. The number of aryl methyl sites for hydroxylation is 1. The fraction of sp³-hybridized carbons (Fsp3) is 0.643. The van der Waals surface area contributed by atoms with Crippen LogP contribution in [0.1, 0.15) is 39.0 Å². The average molecular weight is 252 g/mol. The summed E-state index contributed by atoms with van der Waals surface area (Å²) in [6.45, 7) is 8.95. The van der Waals surface area contributed by atoms with Crippen molar-refractivity contribution in [2.24, 2.45) is 0 Å². The maximum absolute atomic E-state index is 9.91. The van der Waals surface area contributed by atoms with E-state index in [9.17, 15) is 10.2 Å². The zero-order valence-corrected chi connectivity index (χ0v) is 11.8. The number of hydrogen-bond donors (Lipinski definition) is 2. The summed E-state index contributed by atoms with van der Waals surface area (Å²) in [6.07, 6.45) is 0.834. The second-order valence-electron chi connectivity index (χ2n) is 5.16. The lowest BCUT2D eigenvalue weighted by atomic mass is 10.1. The highest BCUT2D eigenvalue weighted by atomic mass is 16.3. The van der Waals surface area contributed by atoms with Gasteiger partial charge in [0.1, 0.15) is 5.82 Å². The summed E-state index contributed by atoms with van der Waals surface area (Å²) in [5, 5.41) is 19.2. The molecule has 0 aliphatic carbocycles. The lowest BCUT2D eigenvalue weighted by Gasteiger charge is -2.29. The smallest absolute Gasteiger partial charge is 0.129 e. The van der Waals surface area contributed by atoms with Crippen LogP contribution in [0.4, 0.5) is 5.82 Å². The van der Waals surface area contributed by atoms with Gasteiger partial charge in [-0.15, -0.1) is 0 Å². The van der Waals surface area contributed by atoms with E-state index in [-0.39, 0.29) is 6.61 Å². The number of aromatic nitrogens is 1. The van der Waals surface area contributed by atoms with Gasteiger partial charge in [0.2, 0.25) is 0 Å². The van der Waals surface area contributed by atoms with Crippen LogP contribution in [0, 0.1) is 0 Å². The van der Waals surface area contributed by atoms with Crippen molar-refractivity contribution >= 4 is 5.82 Å². The Morgan fingerprint density at radius 2 is 1.94 bits per heavy atom. The van der Waals surface area contributed by atoms with E-state index in [1.165, 1.54) is 0 Å². The second-order valence-corrected chi connectivity index (χ2v) is 5.16.